The van der Waals surface area contributed by atoms with Crippen molar-refractivity contribution in [1.29, 1.82) is 0 Å². The van der Waals surface area contributed by atoms with Gasteiger partial charge >= 0.3 is 0 Å². The van der Waals surface area contributed by atoms with Gasteiger partial charge in [0.2, 0.25) is 0 Å². The van der Waals surface area contributed by atoms with E-state index in [1.165, 1.54) is 28.9 Å². The predicted octanol–water partition coefficient (Wildman–Crippen LogP) is 3.64. The van der Waals surface area contributed by atoms with E-state index in [1.807, 2.05) is 17.5 Å². The number of nitrogens with one attached hydrogen (secondary N) is 3. The van der Waals surface area contributed by atoms with Gasteiger partial charge in [-0.05, 0) is 85.8 Å². The smallest absolute Gasteiger partial charge is 0.256 e. The van der Waals surface area contributed by atoms with Crippen molar-refractivity contribution < 1.29 is 9.59 Å². The van der Waals surface area contributed by atoms with Gasteiger partial charge in [0, 0.05) is 12.1 Å². The molecule has 1 fully saturated rings. The summed E-state index contributed by atoms with van der Waals surface area (Å²) in [6.45, 7) is 2.78. The van der Waals surface area contributed by atoms with Crippen molar-refractivity contribution in [3.63, 3.8) is 0 Å². The molecule has 28 heavy (non-hydrogen) atoms. The van der Waals surface area contributed by atoms with Crippen LogP contribution in [0.5, 0.6) is 0 Å². The molecule has 4 rings (SSSR count). The average molecular weight is 420 g/mol. The number of fused-ring (bicyclic) bond motifs is 1. The van der Waals surface area contributed by atoms with Gasteiger partial charge in [0.25, 0.3) is 11.8 Å². The first-order chi connectivity index (χ1) is 13.2. The number of thiophene rings is 1. The van der Waals surface area contributed by atoms with Crippen LogP contribution in [0.15, 0.2) is 29.6 Å². The third-order valence-corrected chi connectivity index (χ3v) is 6.33. The van der Waals surface area contributed by atoms with E-state index in [0.29, 0.717) is 28.6 Å². The molecule has 1 aliphatic carbocycles. The summed E-state index contributed by atoms with van der Waals surface area (Å²) in [5, 5.41) is 11.7. The Hall–Kier alpha value is -1.89. The normalized spacial score (nSPS) is 17.6. The van der Waals surface area contributed by atoms with Gasteiger partial charge in [-0.25, -0.2) is 0 Å². The number of rotatable bonds is 6. The van der Waals surface area contributed by atoms with Crippen molar-refractivity contribution in [2.75, 3.05) is 25.0 Å². The van der Waals surface area contributed by atoms with Gasteiger partial charge in [-0.1, -0.05) is 6.07 Å². The topological polar surface area (TPSA) is 70.2 Å². The quantitative estimate of drug-likeness (QED) is 0.669. The fourth-order valence-corrected chi connectivity index (χ4v) is 4.70. The summed E-state index contributed by atoms with van der Waals surface area (Å²) in [6, 6.07) is 7.69. The number of benzene rings is 1. The Labute approximate surface area is 175 Å². The lowest BCUT2D eigenvalue weighted by molar-refractivity contribution is 0.0953. The minimum Gasteiger partial charge on any atom is -0.352 e. The van der Waals surface area contributed by atoms with Gasteiger partial charge in [-0.3, -0.25) is 9.59 Å². The summed E-state index contributed by atoms with van der Waals surface area (Å²) in [7, 11) is 0. The molecule has 150 valence electrons. The molecule has 1 saturated heterocycles. The SMILES string of the molecule is Cl.O=C(Nc1sccc1C(=O)NCCC1CCNC1)c1ccc2c(c1)CCC2. The maximum Gasteiger partial charge on any atom is 0.256 e. The number of carbonyl (C=O) groups is 2. The lowest BCUT2D eigenvalue weighted by Crippen LogP contribution is -2.27. The maximum atomic E-state index is 12.6. The van der Waals surface area contributed by atoms with E-state index in [0.717, 1.165) is 38.8 Å². The van der Waals surface area contributed by atoms with Crippen molar-refractivity contribution >= 4 is 40.6 Å². The van der Waals surface area contributed by atoms with Crippen LogP contribution in [0.3, 0.4) is 0 Å². The Bertz CT molecular complexity index is 846. The van der Waals surface area contributed by atoms with Crippen LogP contribution in [-0.4, -0.2) is 31.4 Å². The van der Waals surface area contributed by atoms with E-state index in [1.54, 1.807) is 6.07 Å². The molecule has 0 saturated carbocycles. The van der Waals surface area contributed by atoms with Gasteiger partial charge in [-0.2, -0.15) is 0 Å². The minimum atomic E-state index is -0.154. The molecule has 0 radical (unpaired) electrons. The second-order valence-electron chi connectivity index (χ2n) is 7.36. The van der Waals surface area contributed by atoms with E-state index in [9.17, 15) is 9.59 Å². The molecule has 7 heteroatoms. The van der Waals surface area contributed by atoms with Crippen LogP contribution in [0.2, 0.25) is 0 Å². The summed E-state index contributed by atoms with van der Waals surface area (Å²) < 4.78 is 0. The van der Waals surface area contributed by atoms with E-state index < -0.39 is 0 Å². The Morgan fingerprint density at radius 1 is 1.14 bits per heavy atom. The zero-order valence-electron chi connectivity index (χ0n) is 15.8. The largest absolute Gasteiger partial charge is 0.352 e. The molecule has 2 amide bonds. The summed E-state index contributed by atoms with van der Waals surface area (Å²) in [4.78, 5) is 25.1. The fraction of sp³-hybridized carbons (Fsp3) is 0.429. The predicted molar refractivity (Wildman–Crippen MR) is 116 cm³/mol. The Morgan fingerprint density at radius 2 is 2.00 bits per heavy atom. The molecule has 1 atom stereocenters. The lowest BCUT2D eigenvalue weighted by Gasteiger charge is -2.10. The van der Waals surface area contributed by atoms with Crippen LogP contribution in [0.25, 0.3) is 0 Å². The Balaban J connectivity index is 0.00000225. The maximum absolute atomic E-state index is 12.6. The zero-order chi connectivity index (χ0) is 18.6. The number of amides is 2. The molecule has 0 spiro atoms. The highest BCUT2D eigenvalue weighted by molar-refractivity contribution is 7.14. The monoisotopic (exact) mass is 419 g/mol. The first-order valence-corrected chi connectivity index (χ1v) is 10.6. The van der Waals surface area contributed by atoms with Crippen LogP contribution >= 0.6 is 23.7 Å². The van der Waals surface area contributed by atoms with Gasteiger partial charge in [0.05, 0.1) is 5.56 Å². The molecule has 1 aliphatic heterocycles. The lowest BCUT2D eigenvalue weighted by atomic mass is 10.1. The van der Waals surface area contributed by atoms with Crippen LogP contribution in [0.4, 0.5) is 5.00 Å². The summed E-state index contributed by atoms with van der Waals surface area (Å²) in [5.41, 5.74) is 3.82. The fourth-order valence-electron chi connectivity index (χ4n) is 3.92. The van der Waals surface area contributed by atoms with E-state index in [4.69, 9.17) is 0 Å². The highest BCUT2D eigenvalue weighted by Gasteiger charge is 2.19. The van der Waals surface area contributed by atoms with Crippen molar-refractivity contribution in [3.05, 3.63) is 51.9 Å². The number of anilines is 1. The first-order valence-electron chi connectivity index (χ1n) is 9.70. The van der Waals surface area contributed by atoms with E-state index in [-0.39, 0.29) is 24.2 Å². The molecule has 1 unspecified atom stereocenters. The van der Waals surface area contributed by atoms with E-state index in [2.05, 4.69) is 22.0 Å². The van der Waals surface area contributed by atoms with Gasteiger partial charge < -0.3 is 16.0 Å². The number of hydrogen-bond acceptors (Lipinski definition) is 4. The van der Waals surface area contributed by atoms with Crippen molar-refractivity contribution in [1.82, 2.24) is 10.6 Å². The Morgan fingerprint density at radius 3 is 2.82 bits per heavy atom. The highest BCUT2D eigenvalue weighted by atomic mass is 35.5. The average Bonchev–Trinajstić information content (AvgIpc) is 3.42. The van der Waals surface area contributed by atoms with Crippen molar-refractivity contribution in [2.24, 2.45) is 5.92 Å². The highest BCUT2D eigenvalue weighted by Crippen LogP contribution is 2.26. The Kier molecular flexibility index (Phi) is 7.10. The van der Waals surface area contributed by atoms with Crippen molar-refractivity contribution in [2.45, 2.75) is 32.1 Å². The zero-order valence-corrected chi connectivity index (χ0v) is 17.4. The van der Waals surface area contributed by atoms with Gasteiger partial charge in [0.15, 0.2) is 0 Å². The molecule has 0 bridgehead atoms. The standard InChI is InChI=1S/C21H25N3O2S.ClH/c25-19(17-5-4-15-2-1-3-16(15)12-17)24-21-18(8-11-27-21)20(26)23-10-7-14-6-9-22-13-14;/h4-5,8,11-12,14,22H,1-3,6-7,9-10,13H2,(H,23,26)(H,24,25);1H. The third-order valence-electron chi connectivity index (χ3n) is 5.50. The molecule has 3 N–H and O–H groups in total. The van der Waals surface area contributed by atoms with Crippen LogP contribution in [-0.2, 0) is 12.8 Å². The summed E-state index contributed by atoms with van der Waals surface area (Å²) >= 11 is 1.38. The molecule has 1 aromatic carbocycles. The molecule has 2 aliphatic rings. The molecule has 5 nitrogen and oxygen atoms in total. The number of halogens is 1. The van der Waals surface area contributed by atoms with Gasteiger partial charge in [0.1, 0.15) is 5.00 Å². The number of hydrogen-bond donors (Lipinski definition) is 3. The minimum absolute atomic E-state index is 0. The van der Waals surface area contributed by atoms with Crippen molar-refractivity contribution in [3.8, 4) is 0 Å². The second kappa shape index (κ2) is 9.54. The second-order valence-corrected chi connectivity index (χ2v) is 8.27. The number of aryl methyl sites for hydroxylation is 2. The molecule has 1 aromatic heterocycles. The molecule has 2 aromatic rings. The van der Waals surface area contributed by atoms with Crippen LogP contribution in [0, 0.1) is 5.92 Å². The first kappa shape index (κ1) is 20.8. The van der Waals surface area contributed by atoms with Gasteiger partial charge in [-0.15, -0.1) is 23.7 Å². The summed E-state index contributed by atoms with van der Waals surface area (Å²) in [6.07, 6.45) is 5.46. The number of carbonyl (C=O) groups excluding carboxylic acids is 2. The summed E-state index contributed by atoms with van der Waals surface area (Å²) in [5.74, 6) is 0.372. The third kappa shape index (κ3) is 4.74. The molecule has 2 heterocycles. The van der Waals surface area contributed by atoms with E-state index >= 15 is 0 Å². The molecular weight excluding hydrogens is 394 g/mol. The van der Waals surface area contributed by atoms with Crippen LogP contribution in [0.1, 0.15) is 51.1 Å². The molecular formula is C21H26ClN3O2S. The van der Waals surface area contributed by atoms with Crippen LogP contribution < -0.4 is 16.0 Å².